The summed E-state index contributed by atoms with van der Waals surface area (Å²) >= 11 is 0. The van der Waals surface area contributed by atoms with E-state index in [9.17, 15) is 18.4 Å². The molecule has 33 heavy (non-hydrogen) atoms. The van der Waals surface area contributed by atoms with Gasteiger partial charge in [0, 0.05) is 48.0 Å². The van der Waals surface area contributed by atoms with E-state index in [1.165, 1.54) is 30.5 Å². The number of carbonyl (C=O) groups is 2. The summed E-state index contributed by atoms with van der Waals surface area (Å²) in [6, 6.07) is 5.27. The standard InChI is InChI=1S/C22H19F2N5O4/c1-12(2)32-22(31)26-9-13-8-25-21-28-17(11-29(21)10-13)15-7-14(3-4-16(15)23)27-20(30)18-5-6-19(24)33-18/h3-8,10-12H,9H2,1-2H3,(H,26,31)(H,27,30). The zero-order valence-corrected chi connectivity index (χ0v) is 17.6. The molecule has 2 N–H and O–H groups in total. The van der Waals surface area contributed by atoms with E-state index >= 15 is 0 Å². The molecule has 1 aromatic carbocycles. The summed E-state index contributed by atoms with van der Waals surface area (Å²) in [5.41, 5.74) is 1.36. The van der Waals surface area contributed by atoms with Crippen molar-refractivity contribution < 1.29 is 27.5 Å². The quantitative estimate of drug-likeness (QED) is 0.452. The van der Waals surface area contributed by atoms with Gasteiger partial charge in [0.1, 0.15) is 5.82 Å². The Bertz CT molecular complexity index is 1330. The summed E-state index contributed by atoms with van der Waals surface area (Å²) in [4.78, 5) is 32.4. The van der Waals surface area contributed by atoms with Crippen LogP contribution in [0.3, 0.4) is 0 Å². The maximum absolute atomic E-state index is 14.5. The Labute approximate surface area is 186 Å². The molecule has 0 saturated heterocycles. The summed E-state index contributed by atoms with van der Waals surface area (Å²) in [7, 11) is 0. The van der Waals surface area contributed by atoms with Crippen molar-refractivity contribution >= 4 is 23.5 Å². The summed E-state index contributed by atoms with van der Waals surface area (Å²) in [6.07, 6.45) is 4.03. The summed E-state index contributed by atoms with van der Waals surface area (Å²) in [6.45, 7) is 3.68. The number of hydrogen-bond acceptors (Lipinski definition) is 6. The van der Waals surface area contributed by atoms with Gasteiger partial charge in [-0.05, 0) is 38.1 Å². The molecule has 0 aliphatic rings. The second-order valence-corrected chi connectivity index (χ2v) is 7.36. The highest BCUT2D eigenvalue weighted by molar-refractivity contribution is 6.02. The lowest BCUT2D eigenvalue weighted by atomic mass is 10.1. The van der Waals surface area contributed by atoms with Crippen molar-refractivity contribution in [1.29, 1.82) is 0 Å². The van der Waals surface area contributed by atoms with Crippen LogP contribution < -0.4 is 10.6 Å². The van der Waals surface area contributed by atoms with Gasteiger partial charge in [0.05, 0.1) is 11.8 Å². The Morgan fingerprint density at radius 3 is 2.73 bits per heavy atom. The van der Waals surface area contributed by atoms with Crippen molar-refractivity contribution in [3.05, 3.63) is 72.1 Å². The van der Waals surface area contributed by atoms with E-state index in [1.807, 2.05) is 0 Å². The minimum Gasteiger partial charge on any atom is -0.447 e. The summed E-state index contributed by atoms with van der Waals surface area (Å²) in [5.74, 6) is -1.13. The lowest BCUT2D eigenvalue weighted by Crippen LogP contribution is -2.26. The maximum atomic E-state index is 14.5. The molecule has 0 aliphatic carbocycles. The van der Waals surface area contributed by atoms with Crippen LogP contribution in [0.2, 0.25) is 0 Å². The molecule has 0 fully saturated rings. The first-order valence-electron chi connectivity index (χ1n) is 9.93. The van der Waals surface area contributed by atoms with Gasteiger partial charge in [-0.1, -0.05) is 0 Å². The average Bonchev–Trinajstić information content (AvgIpc) is 3.39. The highest BCUT2D eigenvalue weighted by Crippen LogP contribution is 2.26. The number of aromatic nitrogens is 3. The Morgan fingerprint density at radius 1 is 1.18 bits per heavy atom. The number of imidazole rings is 1. The van der Waals surface area contributed by atoms with Crippen molar-refractivity contribution in [2.24, 2.45) is 0 Å². The fourth-order valence-corrected chi connectivity index (χ4v) is 3.01. The van der Waals surface area contributed by atoms with Crippen LogP contribution >= 0.6 is 0 Å². The molecule has 3 heterocycles. The molecule has 4 aromatic rings. The van der Waals surface area contributed by atoms with Crippen LogP contribution in [-0.4, -0.2) is 32.5 Å². The fourth-order valence-electron chi connectivity index (χ4n) is 3.01. The number of furan rings is 1. The van der Waals surface area contributed by atoms with Gasteiger partial charge in [0.25, 0.3) is 11.9 Å². The molecule has 0 bridgehead atoms. The number of hydrogen-bond donors (Lipinski definition) is 2. The first-order chi connectivity index (χ1) is 15.8. The van der Waals surface area contributed by atoms with Gasteiger partial charge < -0.3 is 19.8 Å². The van der Waals surface area contributed by atoms with Crippen LogP contribution in [0.25, 0.3) is 17.0 Å². The zero-order chi connectivity index (χ0) is 23.5. The van der Waals surface area contributed by atoms with Gasteiger partial charge in [-0.15, -0.1) is 0 Å². The zero-order valence-electron chi connectivity index (χ0n) is 17.6. The van der Waals surface area contributed by atoms with Gasteiger partial charge in [-0.3, -0.25) is 9.20 Å². The molecule has 0 atom stereocenters. The van der Waals surface area contributed by atoms with Crippen LogP contribution in [0, 0.1) is 11.8 Å². The Kier molecular flexibility index (Phi) is 6.03. The molecular weight excluding hydrogens is 436 g/mol. The molecule has 11 heteroatoms. The Hall–Kier alpha value is -4.28. The van der Waals surface area contributed by atoms with Gasteiger partial charge >= 0.3 is 6.09 Å². The molecule has 9 nitrogen and oxygen atoms in total. The molecule has 0 aliphatic heterocycles. The molecule has 0 spiro atoms. The number of halogens is 2. The Balaban J connectivity index is 1.53. The summed E-state index contributed by atoms with van der Waals surface area (Å²) < 4.78 is 38.8. The van der Waals surface area contributed by atoms with Crippen molar-refractivity contribution in [1.82, 2.24) is 19.7 Å². The van der Waals surface area contributed by atoms with Crippen LogP contribution in [0.15, 0.2) is 53.3 Å². The third kappa shape index (κ3) is 5.14. The molecule has 170 valence electrons. The first kappa shape index (κ1) is 21.9. The number of anilines is 1. The number of rotatable bonds is 6. The predicted molar refractivity (Wildman–Crippen MR) is 113 cm³/mol. The average molecular weight is 455 g/mol. The number of carbonyl (C=O) groups excluding carboxylic acids is 2. The van der Waals surface area contributed by atoms with Crippen molar-refractivity contribution in [3.8, 4) is 11.3 Å². The van der Waals surface area contributed by atoms with E-state index in [-0.39, 0.29) is 35.4 Å². The van der Waals surface area contributed by atoms with Crippen LogP contribution in [0.1, 0.15) is 30.0 Å². The second kappa shape index (κ2) is 9.07. The van der Waals surface area contributed by atoms with E-state index in [2.05, 4.69) is 25.0 Å². The second-order valence-electron chi connectivity index (χ2n) is 7.36. The topological polar surface area (TPSA) is 111 Å². The third-order valence-corrected chi connectivity index (χ3v) is 4.44. The van der Waals surface area contributed by atoms with Crippen molar-refractivity contribution in [2.75, 3.05) is 5.32 Å². The number of amides is 2. The van der Waals surface area contributed by atoms with Gasteiger partial charge in [0.15, 0.2) is 5.76 Å². The van der Waals surface area contributed by atoms with E-state index in [0.29, 0.717) is 11.3 Å². The van der Waals surface area contributed by atoms with Crippen LogP contribution in [-0.2, 0) is 11.3 Å². The first-order valence-corrected chi connectivity index (χ1v) is 9.93. The van der Waals surface area contributed by atoms with Gasteiger partial charge in [-0.25, -0.2) is 19.2 Å². The maximum Gasteiger partial charge on any atom is 0.407 e. The number of ether oxygens (including phenoxy) is 1. The Morgan fingerprint density at radius 2 is 2.00 bits per heavy atom. The minimum absolute atomic E-state index is 0.129. The number of nitrogens with one attached hydrogen (secondary N) is 2. The molecule has 4 rings (SSSR count). The number of nitrogens with zero attached hydrogens (tertiary/aromatic N) is 3. The van der Waals surface area contributed by atoms with Gasteiger partial charge in [-0.2, -0.15) is 4.39 Å². The van der Waals surface area contributed by atoms with E-state index in [4.69, 9.17) is 4.74 Å². The molecule has 0 unspecified atom stereocenters. The van der Waals surface area contributed by atoms with E-state index in [0.717, 1.165) is 6.07 Å². The highest BCUT2D eigenvalue weighted by Gasteiger charge is 2.15. The molecule has 0 saturated carbocycles. The lowest BCUT2D eigenvalue weighted by molar-refractivity contribution is 0.0988. The number of alkyl carbamates (subject to hydrolysis) is 1. The smallest absolute Gasteiger partial charge is 0.407 e. The van der Waals surface area contributed by atoms with E-state index in [1.54, 1.807) is 30.6 Å². The SMILES string of the molecule is CC(C)OC(=O)NCc1cnc2nc(-c3cc(NC(=O)c4ccc(F)o4)ccc3F)cn2c1. The van der Waals surface area contributed by atoms with Crippen LogP contribution in [0.5, 0.6) is 0 Å². The fraction of sp³-hybridized carbons (Fsp3) is 0.182. The minimum atomic E-state index is -0.886. The molecule has 2 amide bonds. The van der Waals surface area contributed by atoms with E-state index < -0.39 is 23.8 Å². The molecule has 0 radical (unpaired) electrons. The largest absolute Gasteiger partial charge is 0.447 e. The normalized spacial score (nSPS) is 11.1. The molecule has 3 aromatic heterocycles. The van der Waals surface area contributed by atoms with Crippen molar-refractivity contribution in [3.63, 3.8) is 0 Å². The van der Waals surface area contributed by atoms with Crippen LogP contribution in [0.4, 0.5) is 19.3 Å². The van der Waals surface area contributed by atoms with Gasteiger partial charge in [0.2, 0.25) is 5.78 Å². The lowest BCUT2D eigenvalue weighted by Gasteiger charge is -2.09. The summed E-state index contributed by atoms with van der Waals surface area (Å²) in [5, 5.41) is 5.14. The van der Waals surface area contributed by atoms with Crippen molar-refractivity contribution in [2.45, 2.75) is 26.5 Å². The highest BCUT2D eigenvalue weighted by atomic mass is 19.1. The monoisotopic (exact) mass is 455 g/mol. The molecular formula is C22H19F2N5O4. The number of fused-ring (bicyclic) bond motifs is 1. The predicted octanol–water partition coefficient (Wildman–Crippen LogP) is 4.15. The number of benzene rings is 1. The third-order valence-electron chi connectivity index (χ3n) is 4.44.